The summed E-state index contributed by atoms with van der Waals surface area (Å²) in [5, 5.41) is 0. The molecule has 1 aliphatic rings. The van der Waals surface area contributed by atoms with Crippen LogP contribution in [0.2, 0.25) is 0 Å². The number of morpholine rings is 1. The van der Waals surface area contributed by atoms with Gasteiger partial charge in [0.1, 0.15) is 0 Å². The van der Waals surface area contributed by atoms with Crippen LogP contribution in [0.5, 0.6) is 0 Å². The van der Waals surface area contributed by atoms with E-state index in [9.17, 15) is 13.2 Å². The highest BCUT2D eigenvalue weighted by molar-refractivity contribution is 4.72. The normalized spacial score (nSPS) is 23.6. The van der Waals surface area contributed by atoms with Crippen molar-refractivity contribution in [1.29, 1.82) is 0 Å². The van der Waals surface area contributed by atoms with Crippen molar-refractivity contribution in [3.8, 4) is 0 Å². The molecule has 3 nitrogen and oxygen atoms in total. The van der Waals surface area contributed by atoms with Gasteiger partial charge in [-0.15, -0.1) is 0 Å². The van der Waals surface area contributed by atoms with Crippen LogP contribution in [0.4, 0.5) is 13.2 Å². The molecule has 1 saturated heterocycles. The van der Waals surface area contributed by atoms with E-state index in [1.807, 2.05) is 4.90 Å². The van der Waals surface area contributed by atoms with Crippen LogP contribution in [0.3, 0.4) is 0 Å². The molecule has 6 heteroatoms. The third-order valence-corrected chi connectivity index (χ3v) is 2.65. The molecule has 1 unspecified atom stereocenters. The largest absolute Gasteiger partial charge is 0.389 e. The highest BCUT2D eigenvalue weighted by Crippen LogP contribution is 2.21. The van der Waals surface area contributed by atoms with Crippen LogP contribution < -0.4 is 5.73 Å². The van der Waals surface area contributed by atoms with E-state index in [2.05, 4.69) is 0 Å². The highest BCUT2D eigenvalue weighted by atomic mass is 19.4. The molecule has 1 rings (SSSR count). The minimum absolute atomic E-state index is 0.0876. The molecule has 16 heavy (non-hydrogen) atoms. The van der Waals surface area contributed by atoms with E-state index in [-0.39, 0.29) is 12.5 Å². The molecule has 0 spiro atoms. The smallest absolute Gasteiger partial charge is 0.376 e. The first-order valence-electron chi connectivity index (χ1n) is 5.62. The van der Waals surface area contributed by atoms with Gasteiger partial charge in [-0.05, 0) is 25.9 Å². The molecule has 0 aromatic carbocycles. The first kappa shape index (κ1) is 13.7. The molecular weight excluding hydrogens is 221 g/mol. The molecule has 0 aromatic heterocycles. The van der Waals surface area contributed by atoms with Crippen molar-refractivity contribution in [3.63, 3.8) is 0 Å². The maximum Gasteiger partial charge on any atom is 0.389 e. The molecule has 0 aliphatic carbocycles. The van der Waals surface area contributed by atoms with E-state index < -0.39 is 12.6 Å². The van der Waals surface area contributed by atoms with Gasteiger partial charge >= 0.3 is 6.18 Å². The maximum atomic E-state index is 11.9. The summed E-state index contributed by atoms with van der Waals surface area (Å²) in [5.41, 5.74) is 5.41. The Morgan fingerprint density at radius 2 is 2.12 bits per heavy atom. The fourth-order valence-corrected chi connectivity index (χ4v) is 1.85. The number of rotatable bonds is 5. The molecule has 0 bridgehead atoms. The second-order valence-corrected chi connectivity index (χ2v) is 4.09. The summed E-state index contributed by atoms with van der Waals surface area (Å²) in [4.78, 5) is 2.02. The average Bonchev–Trinajstić information content (AvgIpc) is 2.17. The van der Waals surface area contributed by atoms with Gasteiger partial charge in [-0.2, -0.15) is 13.2 Å². The van der Waals surface area contributed by atoms with Crippen LogP contribution in [0.15, 0.2) is 0 Å². The Bertz CT molecular complexity index is 197. The molecular formula is C10H19F3N2O. The van der Waals surface area contributed by atoms with Crippen molar-refractivity contribution < 1.29 is 17.9 Å². The van der Waals surface area contributed by atoms with Gasteiger partial charge < -0.3 is 10.5 Å². The molecule has 1 heterocycles. The summed E-state index contributed by atoms with van der Waals surface area (Å²) in [6.45, 7) is 3.07. The minimum atomic E-state index is -4.04. The highest BCUT2D eigenvalue weighted by Gasteiger charge is 2.27. The number of alkyl halides is 3. The van der Waals surface area contributed by atoms with Crippen LogP contribution in [0.1, 0.15) is 19.3 Å². The van der Waals surface area contributed by atoms with Gasteiger partial charge in [0.25, 0.3) is 0 Å². The van der Waals surface area contributed by atoms with Gasteiger partial charge in [0.2, 0.25) is 0 Å². The fourth-order valence-electron chi connectivity index (χ4n) is 1.85. The third-order valence-electron chi connectivity index (χ3n) is 2.65. The quantitative estimate of drug-likeness (QED) is 0.789. The second-order valence-electron chi connectivity index (χ2n) is 4.09. The van der Waals surface area contributed by atoms with Crippen molar-refractivity contribution in [3.05, 3.63) is 0 Å². The molecule has 0 radical (unpaired) electrons. The van der Waals surface area contributed by atoms with E-state index in [1.165, 1.54) is 0 Å². The summed E-state index contributed by atoms with van der Waals surface area (Å²) in [6, 6.07) is 0. The summed E-state index contributed by atoms with van der Waals surface area (Å²) in [7, 11) is 0. The lowest BCUT2D eigenvalue weighted by atomic mass is 10.2. The number of nitrogens with two attached hydrogens (primary N) is 1. The molecule has 1 aliphatic heterocycles. The summed E-state index contributed by atoms with van der Waals surface area (Å²) < 4.78 is 41.3. The van der Waals surface area contributed by atoms with Gasteiger partial charge in [-0.1, -0.05) is 0 Å². The number of halogens is 3. The Labute approximate surface area is 93.7 Å². The van der Waals surface area contributed by atoms with Crippen molar-refractivity contribution in [1.82, 2.24) is 4.90 Å². The number of ether oxygens (including phenoxy) is 1. The molecule has 2 N–H and O–H groups in total. The Morgan fingerprint density at radius 1 is 1.38 bits per heavy atom. The van der Waals surface area contributed by atoms with Crippen molar-refractivity contribution in [2.24, 2.45) is 5.73 Å². The second kappa shape index (κ2) is 6.42. The first-order chi connectivity index (χ1) is 7.51. The van der Waals surface area contributed by atoms with Gasteiger partial charge in [-0.3, -0.25) is 4.90 Å². The fraction of sp³-hybridized carbons (Fsp3) is 1.00. The number of nitrogens with zero attached hydrogens (tertiary/aromatic N) is 1. The Morgan fingerprint density at radius 3 is 2.75 bits per heavy atom. The average molecular weight is 240 g/mol. The lowest BCUT2D eigenvalue weighted by Gasteiger charge is -2.32. The summed E-state index contributed by atoms with van der Waals surface area (Å²) >= 11 is 0. The van der Waals surface area contributed by atoms with E-state index in [0.29, 0.717) is 26.2 Å². The van der Waals surface area contributed by atoms with Crippen LogP contribution in [0, 0.1) is 0 Å². The Hall–Kier alpha value is -0.330. The summed E-state index contributed by atoms with van der Waals surface area (Å²) in [6.07, 6.45) is -3.71. The monoisotopic (exact) mass is 240 g/mol. The van der Waals surface area contributed by atoms with E-state index in [4.69, 9.17) is 10.5 Å². The molecule has 0 saturated carbocycles. The minimum Gasteiger partial charge on any atom is -0.376 e. The maximum absolute atomic E-state index is 11.9. The van der Waals surface area contributed by atoms with Gasteiger partial charge in [-0.25, -0.2) is 0 Å². The van der Waals surface area contributed by atoms with Gasteiger partial charge in [0.05, 0.1) is 12.7 Å². The number of hydrogen-bond donors (Lipinski definition) is 1. The predicted molar refractivity (Wildman–Crippen MR) is 55.1 cm³/mol. The molecule has 0 aromatic rings. The number of hydrogen-bond acceptors (Lipinski definition) is 3. The van der Waals surface area contributed by atoms with Gasteiger partial charge in [0.15, 0.2) is 0 Å². The molecule has 1 atom stereocenters. The van der Waals surface area contributed by atoms with Crippen LogP contribution >= 0.6 is 0 Å². The zero-order valence-corrected chi connectivity index (χ0v) is 9.30. The topological polar surface area (TPSA) is 38.5 Å². The lowest BCUT2D eigenvalue weighted by molar-refractivity contribution is -0.137. The van der Waals surface area contributed by atoms with Crippen molar-refractivity contribution >= 4 is 0 Å². The molecule has 1 fully saturated rings. The first-order valence-corrected chi connectivity index (χ1v) is 5.62. The predicted octanol–water partition coefficient (Wildman–Crippen LogP) is 1.38. The Balaban J connectivity index is 2.16. The SMILES string of the molecule is NCCC1CN(CCCC(F)(F)F)CCO1. The van der Waals surface area contributed by atoms with E-state index in [0.717, 1.165) is 13.0 Å². The standard InChI is InChI=1S/C10H19F3N2O/c11-10(12,13)3-1-5-15-6-7-16-9(8-15)2-4-14/h9H,1-8,14H2. The molecule has 0 amide bonds. The zero-order chi connectivity index (χ0) is 12.0. The Kier molecular flexibility index (Phi) is 5.51. The third kappa shape index (κ3) is 5.67. The van der Waals surface area contributed by atoms with Crippen LogP contribution in [0.25, 0.3) is 0 Å². The molecule has 96 valence electrons. The van der Waals surface area contributed by atoms with Crippen molar-refractivity contribution in [2.75, 3.05) is 32.8 Å². The van der Waals surface area contributed by atoms with Crippen LogP contribution in [-0.4, -0.2) is 50.0 Å². The van der Waals surface area contributed by atoms with E-state index >= 15 is 0 Å². The van der Waals surface area contributed by atoms with Crippen LogP contribution in [-0.2, 0) is 4.74 Å². The van der Waals surface area contributed by atoms with E-state index in [1.54, 1.807) is 0 Å². The lowest BCUT2D eigenvalue weighted by Crippen LogP contribution is -2.43. The summed E-state index contributed by atoms with van der Waals surface area (Å²) in [5.74, 6) is 0. The van der Waals surface area contributed by atoms with Crippen molar-refractivity contribution in [2.45, 2.75) is 31.5 Å². The zero-order valence-electron chi connectivity index (χ0n) is 9.30. The van der Waals surface area contributed by atoms with Gasteiger partial charge in [0, 0.05) is 19.5 Å².